The molecule has 0 aliphatic heterocycles. The number of aromatic nitrogens is 1. The minimum absolute atomic E-state index is 0.0632. The largest absolute Gasteiger partial charge is 0.485 e. The number of amides is 1. The lowest BCUT2D eigenvalue weighted by molar-refractivity contribution is -0.114. The summed E-state index contributed by atoms with van der Waals surface area (Å²) in [6.45, 7) is 3.33. The van der Waals surface area contributed by atoms with Crippen LogP contribution in [0, 0.1) is 6.92 Å². The zero-order chi connectivity index (χ0) is 21.4. The van der Waals surface area contributed by atoms with Gasteiger partial charge in [-0.05, 0) is 37.3 Å². The van der Waals surface area contributed by atoms with Crippen molar-refractivity contribution in [2.45, 2.75) is 20.5 Å². The van der Waals surface area contributed by atoms with Crippen LogP contribution in [-0.4, -0.2) is 10.9 Å². The summed E-state index contributed by atoms with van der Waals surface area (Å²) in [6, 6.07) is 11.8. The normalized spacial score (nSPS) is 11.1. The van der Waals surface area contributed by atoms with Gasteiger partial charge in [-0.25, -0.2) is 9.78 Å². The van der Waals surface area contributed by atoms with Gasteiger partial charge in [-0.2, -0.15) is 0 Å². The Balaban J connectivity index is 1.75. The number of ether oxygens (including phenoxy) is 1. The quantitative estimate of drug-likeness (QED) is 0.422. The summed E-state index contributed by atoms with van der Waals surface area (Å²) in [5.74, 6) is 0.166. The first kappa shape index (κ1) is 20.2. The smallest absolute Gasteiger partial charge is 0.336 e. The van der Waals surface area contributed by atoms with Crippen LogP contribution in [0.15, 0.2) is 51.7 Å². The summed E-state index contributed by atoms with van der Waals surface area (Å²) in [7, 11) is 0. The van der Waals surface area contributed by atoms with Crippen molar-refractivity contribution in [3.05, 3.63) is 74.2 Å². The molecule has 30 heavy (non-hydrogen) atoms. The Bertz CT molecular complexity index is 1370. The first-order valence-electron chi connectivity index (χ1n) is 9.04. The summed E-state index contributed by atoms with van der Waals surface area (Å²) in [6.07, 6.45) is 0. The number of pyridine rings is 1. The van der Waals surface area contributed by atoms with E-state index in [-0.39, 0.29) is 12.5 Å². The van der Waals surface area contributed by atoms with Gasteiger partial charge >= 0.3 is 5.63 Å². The van der Waals surface area contributed by atoms with Crippen LogP contribution in [0.5, 0.6) is 5.75 Å². The first-order valence-corrected chi connectivity index (χ1v) is 9.80. The van der Waals surface area contributed by atoms with E-state index in [1.165, 1.54) is 13.0 Å². The number of aryl methyl sites for hydroxylation is 1. The van der Waals surface area contributed by atoms with Gasteiger partial charge in [0, 0.05) is 46.8 Å². The summed E-state index contributed by atoms with van der Waals surface area (Å²) in [5.41, 5.74) is 2.30. The van der Waals surface area contributed by atoms with Crippen LogP contribution in [0.2, 0.25) is 10.0 Å². The maximum atomic E-state index is 12.1. The fourth-order valence-electron chi connectivity index (χ4n) is 3.21. The standard InChI is InChI=1S/C22H16Cl2N2O4/c1-11-3-5-16-17(23)9-18(24)22(21(16)25-11)29-10-13-7-20(28)30-19-8-14(26-12(2)27)4-6-15(13)19/h3-9H,10H2,1-2H3,(H,26,27). The lowest BCUT2D eigenvalue weighted by atomic mass is 10.1. The third-order valence-electron chi connectivity index (χ3n) is 4.50. The number of halogens is 2. The molecule has 0 spiro atoms. The second-order valence-electron chi connectivity index (χ2n) is 6.79. The molecule has 1 N–H and O–H groups in total. The van der Waals surface area contributed by atoms with Gasteiger partial charge in [-0.1, -0.05) is 23.2 Å². The molecule has 0 bridgehead atoms. The van der Waals surface area contributed by atoms with Crippen molar-refractivity contribution in [1.29, 1.82) is 0 Å². The van der Waals surface area contributed by atoms with Gasteiger partial charge in [0.2, 0.25) is 5.91 Å². The SMILES string of the molecule is CC(=O)Nc1ccc2c(COc3c(Cl)cc(Cl)c4ccc(C)nc34)cc(=O)oc2c1. The Morgan fingerprint density at radius 1 is 1.10 bits per heavy atom. The molecule has 0 aliphatic carbocycles. The number of nitrogens with one attached hydrogen (secondary N) is 1. The van der Waals surface area contributed by atoms with Gasteiger partial charge in [-0.15, -0.1) is 0 Å². The van der Waals surface area contributed by atoms with Crippen molar-refractivity contribution >= 4 is 56.7 Å². The van der Waals surface area contributed by atoms with E-state index in [0.717, 1.165) is 11.1 Å². The van der Waals surface area contributed by atoms with E-state index in [9.17, 15) is 9.59 Å². The average molecular weight is 443 g/mol. The molecular formula is C22H16Cl2N2O4. The Hall–Kier alpha value is -3.09. The maximum absolute atomic E-state index is 12.1. The highest BCUT2D eigenvalue weighted by Crippen LogP contribution is 2.38. The topological polar surface area (TPSA) is 81.4 Å². The molecule has 0 aliphatic rings. The predicted octanol–water partition coefficient (Wildman–Crippen LogP) is 5.49. The van der Waals surface area contributed by atoms with Crippen LogP contribution < -0.4 is 15.7 Å². The number of carbonyl (C=O) groups is 1. The van der Waals surface area contributed by atoms with Crippen LogP contribution >= 0.6 is 23.2 Å². The molecule has 4 rings (SSSR count). The molecule has 6 nitrogen and oxygen atoms in total. The molecule has 0 atom stereocenters. The number of rotatable bonds is 4. The number of anilines is 1. The number of nitrogens with zero attached hydrogens (tertiary/aromatic N) is 1. The Morgan fingerprint density at radius 2 is 1.87 bits per heavy atom. The van der Waals surface area contributed by atoms with Gasteiger partial charge in [0.15, 0.2) is 5.75 Å². The van der Waals surface area contributed by atoms with E-state index >= 15 is 0 Å². The zero-order valence-corrected chi connectivity index (χ0v) is 17.6. The minimum Gasteiger partial charge on any atom is -0.485 e. The number of fused-ring (bicyclic) bond motifs is 2. The molecule has 8 heteroatoms. The molecule has 0 radical (unpaired) electrons. The van der Waals surface area contributed by atoms with Crippen LogP contribution in [0.4, 0.5) is 5.69 Å². The summed E-state index contributed by atoms with van der Waals surface area (Å²) >= 11 is 12.7. The van der Waals surface area contributed by atoms with Crippen LogP contribution in [-0.2, 0) is 11.4 Å². The lowest BCUT2D eigenvalue weighted by Crippen LogP contribution is -2.07. The van der Waals surface area contributed by atoms with E-state index in [1.807, 2.05) is 19.1 Å². The van der Waals surface area contributed by atoms with Crippen molar-refractivity contribution in [2.24, 2.45) is 0 Å². The van der Waals surface area contributed by atoms with E-state index in [1.54, 1.807) is 24.3 Å². The number of benzene rings is 2. The number of hydrogen-bond acceptors (Lipinski definition) is 5. The van der Waals surface area contributed by atoms with Gasteiger partial charge in [0.25, 0.3) is 0 Å². The highest BCUT2D eigenvalue weighted by molar-refractivity contribution is 6.39. The van der Waals surface area contributed by atoms with Gasteiger partial charge in [0.1, 0.15) is 17.7 Å². The van der Waals surface area contributed by atoms with Crippen molar-refractivity contribution in [2.75, 3.05) is 5.32 Å². The lowest BCUT2D eigenvalue weighted by Gasteiger charge is -2.13. The van der Waals surface area contributed by atoms with Crippen molar-refractivity contribution in [3.8, 4) is 5.75 Å². The molecule has 0 saturated heterocycles. The van der Waals surface area contributed by atoms with E-state index in [0.29, 0.717) is 43.5 Å². The zero-order valence-electron chi connectivity index (χ0n) is 16.1. The third-order valence-corrected chi connectivity index (χ3v) is 5.09. The molecule has 152 valence electrons. The molecule has 0 saturated carbocycles. The van der Waals surface area contributed by atoms with Crippen molar-refractivity contribution in [3.63, 3.8) is 0 Å². The minimum atomic E-state index is -0.526. The van der Waals surface area contributed by atoms with Crippen molar-refractivity contribution in [1.82, 2.24) is 4.98 Å². The Labute approximate surface area is 181 Å². The highest BCUT2D eigenvalue weighted by Gasteiger charge is 2.15. The molecule has 0 fully saturated rings. The Kier molecular flexibility index (Phi) is 5.37. The van der Waals surface area contributed by atoms with E-state index in [2.05, 4.69) is 10.3 Å². The van der Waals surface area contributed by atoms with E-state index < -0.39 is 5.63 Å². The van der Waals surface area contributed by atoms with E-state index in [4.69, 9.17) is 32.4 Å². The Morgan fingerprint density at radius 3 is 2.63 bits per heavy atom. The second kappa shape index (κ2) is 7.97. The first-order chi connectivity index (χ1) is 14.3. The third kappa shape index (κ3) is 3.97. The summed E-state index contributed by atoms with van der Waals surface area (Å²) in [5, 5.41) is 4.87. The average Bonchev–Trinajstić information content (AvgIpc) is 2.66. The fraction of sp³-hybridized carbons (Fsp3) is 0.136. The van der Waals surface area contributed by atoms with Crippen LogP contribution in [0.1, 0.15) is 18.2 Å². The van der Waals surface area contributed by atoms with Gasteiger partial charge in [0.05, 0.1) is 10.0 Å². The molecule has 1 amide bonds. The van der Waals surface area contributed by atoms with Gasteiger partial charge < -0.3 is 14.5 Å². The summed E-state index contributed by atoms with van der Waals surface area (Å²) < 4.78 is 11.3. The summed E-state index contributed by atoms with van der Waals surface area (Å²) in [4.78, 5) is 27.8. The molecule has 2 aromatic heterocycles. The monoisotopic (exact) mass is 442 g/mol. The molecule has 2 heterocycles. The molecule has 0 unspecified atom stereocenters. The number of hydrogen-bond donors (Lipinski definition) is 1. The highest BCUT2D eigenvalue weighted by atomic mass is 35.5. The molecular weight excluding hydrogens is 427 g/mol. The molecule has 2 aromatic carbocycles. The second-order valence-corrected chi connectivity index (χ2v) is 7.60. The van der Waals surface area contributed by atoms with Crippen LogP contribution in [0.3, 0.4) is 0 Å². The fourth-order valence-corrected chi connectivity index (χ4v) is 3.78. The van der Waals surface area contributed by atoms with Gasteiger partial charge in [-0.3, -0.25) is 4.79 Å². The molecule has 4 aromatic rings. The maximum Gasteiger partial charge on any atom is 0.336 e. The number of carbonyl (C=O) groups excluding carboxylic acids is 1. The van der Waals surface area contributed by atoms with Crippen molar-refractivity contribution < 1.29 is 13.9 Å². The van der Waals surface area contributed by atoms with Crippen LogP contribution in [0.25, 0.3) is 21.9 Å². The predicted molar refractivity (Wildman–Crippen MR) is 118 cm³/mol.